The van der Waals surface area contributed by atoms with Crippen molar-refractivity contribution in [2.45, 2.75) is 72.0 Å². The van der Waals surface area contributed by atoms with Crippen molar-refractivity contribution in [3.63, 3.8) is 0 Å². The molecule has 3 atom stereocenters. The van der Waals surface area contributed by atoms with Gasteiger partial charge in [0.1, 0.15) is 6.10 Å². The van der Waals surface area contributed by atoms with Gasteiger partial charge in [0.2, 0.25) is 11.5 Å². The highest BCUT2D eigenvalue weighted by Gasteiger charge is 2.42. The lowest BCUT2D eigenvalue weighted by molar-refractivity contribution is -0.128. The molecule has 30 heavy (non-hydrogen) atoms. The molecule has 0 bridgehead atoms. The van der Waals surface area contributed by atoms with Crippen molar-refractivity contribution in [3.05, 3.63) is 47.0 Å². The lowest BCUT2D eigenvalue weighted by Gasteiger charge is -2.33. The minimum atomic E-state index is -0.841. The number of aliphatic hydroxyl groups excluding tert-OH is 1. The van der Waals surface area contributed by atoms with Gasteiger partial charge in [0.15, 0.2) is 5.76 Å². The summed E-state index contributed by atoms with van der Waals surface area (Å²) < 4.78 is 15.8. The molecule has 0 radical (unpaired) electrons. The Morgan fingerprint density at radius 1 is 1.10 bits per heavy atom. The zero-order valence-corrected chi connectivity index (χ0v) is 20.0. The molecule has 0 spiro atoms. The van der Waals surface area contributed by atoms with Crippen LogP contribution in [0.15, 0.2) is 47.0 Å². The minimum Gasteiger partial charge on any atom is -0.494 e. The van der Waals surface area contributed by atoms with Gasteiger partial charge in [-0.05, 0) is 53.4 Å². The van der Waals surface area contributed by atoms with E-state index in [9.17, 15) is 9.90 Å². The number of ketones is 1. The molecule has 0 heterocycles. The van der Waals surface area contributed by atoms with Gasteiger partial charge in [0, 0.05) is 18.9 Å². The summed E-state index contributed by atoms with van der Waals surface area (Å²) in [6.45, 7) is 10.2. The number of hydrogen-bond acceptors (Lipinski definition) is 5. The topological polar surface area (TPSA) is 65.0 Å². The molecule has 0 saturated carbocycles. The van der Waals surface area contributed by atoms with Crippen molar-refractivity contribution in [3.8, 4) is 0 Å². The molecule has 1 aliphatic carbocycles. The van der Waals surface area contributed by atoms with Crippen LogP contribution in [0, 0.1) is 11.8 Å². The first-order valence-corrected chi connectivity index (χ1v) is 10.7. The third-order valence-electron chi connectivity index (χ3n) is 5.86. The fraction of sp³-hybridized carbons (Fsp3) is 0.640. The molecule has 0 saturated heterocycles. The van der Waals surface area contributed by atoms with E-state index in [1.165, 1.54) is 25.4 Å². The summed E-state index contributed by atoms with van der Waals surface area (Å²) in [5.41, 5.74) is 2.35. The second kappa shape index (κ2) is 12.1. The van der Waals surface area contributed by atoms with Crippen molar-refractivity contribution >= 4 is 5.78 Å². The summed E-state index contributed by atoms with van der Waals surface area (Å²) in [5.74, 6) is -0.270. The van der Waals surface area contributed by atoms with E-state index in [1.54, 1.807) is 7.11 Å². The number of rotatable bonds is 11. The third kappa shape index (κ3) is 7.44. The fourth-order valence-corrected chi connectivity index (χ4v) is 3.54. The molecule has 5 heteroatoms. The van der Waals surface area contributed by atoms with Crippen LogP contribution in [0.4, 0.5) is 0 Å². The van der Waals surface area contributed by atoms with Gasteiger partial charge >= 0.3 is 0 Å². The standard InChI is InChI=1S/C25H40O5/c1-17(13-10-16-25(4,5)30-8)11-9-12-18(2)14-15-20-19(3)21(26)23(28-6)24(29-7)22(20)27/h10-11,14,16,19-20,22,27H,9,12-13,15H2,1-8H3/b16-10+,17-11-,18-14-/t19-,20-,22-/m1/s1. The van der Waals surface area contributed by atoms with Crippen LogP contribution in [0.25, 0.3) is 0 Å². The van der Waals surface area contributed by atoms with Gasteiger partial charge in [-0.3, -0.25) is 4.79 Å². The number of carbonyl (C=O) groups is 1. The number of carbonyl (C=O) groups excluding carboxylic acids is 1. The van der Waals surface area contributed by atoms with E-state index in [2.05, 4.69) is 38.2 Å². The molecule has 0 aromatic heterocycles. The molecule has 170 valence electrons. The number of methoxy groups -OCH3 is 3. The first-order valence-electron chi connectivity index (χ1n) is 10.7. The Labute approximate surface area is 182 Å². The highest BCUT2D eigenvalue weighted by molar-refractivity contribution is 5.97. The summed E-state index contributed by atoms with van der Waals surface area (Å²) in [4.78, 5) is 12.5. The quantitative estimate of drug-likeness (QED) is 0.470. The predicted molar refractivity (Wildman–Crippen MR) is 121 cm³/mol. The molecule has 0 unspecified atom stereocenters. The SMILES string of the molecule is COC1=C(OC)[C@H](O)[C@H](C/C=C(/C)CC/C=C(/C)C/C=C/C(C)(C)OC)[C@@H](C)C1=O. The third-order valence-corrected chi connectivity index (χ3v) is 5.86. The Kier molecular flexibility index (Phi) is 10.6. The average molecular weight is 421 g/mol. The Morgan fingerprint density at radius 3 is 2.33 bits per heavy atom. The van der Waals surface area contributed by atoms with Crippen molar-refractivity contribution < 1.29 is 24.1 Å². The zero-order valence-electron chi connectivity index (χ0n) is 20.0. The molecule has 5 nitrogen and oxygen atoms in total. The first kappa shape index (κ1) is 26.2. The van der Waals surface area contributed by atoms with Gasteiger partial charge in [0.05, 0.1) is 19.8 Å². The molecule has 1 rings (SSSR count). The van der Waals surface area contributed by atoms with Crippen molar-refractivity contribution in [1.29, 1.82) is 0 Å². The van der Waals surface area contributed by atoms with Crippen LogP contribution in [-0.4, -0.2) is 43.9 Å². The van der Waals surface area contributed by atoms with Crippen molar-refractivity contribution in [2.75, 3.05) is 21.3 Å². The van der Waals surface area contributed by atoms with Gasteiger partial charge in [-0.15, -0.1) is 0 Å². The maximum absolute atomic E-state index is 12.5. The normalized spacial score (nSPS) is 24.0. The number of ether oxygens (including phenoxy) is 3. The zero-order chi connectivity index (χ0) is 22.9. The Hall–Kier alpha value is -1.85. The maximum atomic E-state index is 12.5. The van der Waals surface area contributed by atoms with Crippen LogP contribution in [-0.2, 0) is 19.0 Å². The minimum absolute atomic E-state index is 0.112. The summed E-state index contributed by atoms with van der Waals surface area (Å²) in [6.07, 6.45) is 11.2. The number of aliphatic hydroxyl groups is 1. The highest BCUT2D eigenvalue weighted by atomic mass is 16.5. The van der Waals surface area contributed by atoms with E-state index in [4.69, 9.17) is 14.2 Å². The van der Waals surface area contributed by atoms with E-state index >= 15 is 0 Å². The second-order valence-corrected chi connectivity index (χ2v) is 8.65. The van der Waals surface area contributed by atoms with Crippen LogP contribution < -0.4 is 0 Å². The largest absolute Gasteiger partial charge is 0.494 e. The second-order valence-electron chi connectivity index (χ2n) is 8.65. The fourth-order valence-electron chi connectivity index (χ4n) is 3.54. The van der Waals surface area contributed by atoms with Crippen molar-refractivity contribution in [2.24, 2.45) is 11.8 Å². The van der Waals surface area contributed by atoms with Crippen LogP contribution in [0.3, 0.4) is 0 Å². The lowest BCUT2D eigenvalue weighted by atomic mass is 9.77. The molecule has 0 aromatic rings. The molecule has 0 aromatic carbocycles. The van der Waals surface area contributed by atoms with Crippen LogP contribution in [0.5, 0.6) is 0 Å². The lowest BCUT2D eigenvalue weighted by Crippen LogP contribution is -2.40. The van der Waals surface area contributed by atoms with Crippen LogP contribution in [0.2, 0.25) is 0 Å². The summed E-state index contributed by atoms with van der Waals surface area (Å²) >= 11 is 0. The van der Waals surface area contributed by atoms with E-state index in [-0.39, 0.29) is 34.7 Å². The highest BCUT2D eigenvalue weighted by Crippen LogP contribution is 2.35. The van der Waals surface area contributed by atoms with Crippen LogP contribution >= 0.6 is 0 Å². The number of Topliss-reactive ketones (excluding diaryl/α,β-unsaturated/α-hetero) is 1. The average Bonchev–Trinajstić information content (AvgIpc) is 2.70. The monoisotopic (exact) mass is 420 g/mol. The molecule has 0 aliphatic heterocycles. The molecular weight excluding hydrogens is 380 g/mol. The van der Waals surface area contributed by atoms with Gasteiger partial charge in [-0.25, -0.2) is 0 Å². The van der Waals surface area contributed by atoms with E-state index in [0.717, 1.165) is 19.3 Å². The summed E-state index contributed by atoms with van der Waals surface area (Å²) in [7, 11) is 4.60. The van der Waals surface area contributed by atoms with E-state index in [1.807, 2.05) is 20.8 Å². The van der Waals surface area contributed by atoms with Gasteiger partial charge in [-0.1, -0.05) is 42.4 Å². The number of allylic oxidation sites excluding steroid dienone is 6. The molecule has 1 N–H and O–H groups in total. The first-order chi connectivity index (χ1) is 14.1. The van der Waals surface area contributed by atoms with Crippen molar-refractivity contribution in [1.82, 2.24) is 0 Å². The van der Waals surface area contributed by atoms with Crippen LogP contribution in [0.1, 0.15) is 60.3 Å². The van der Waals surface area contributed by atoms with Gasteiger partial charge in [0.25, 0.3) is 0 Å². The molecular formula is C25H40O5. The molecule has 1 aliphatic rings. The Balaban J connectivity index is 2.63. The van der Waals surface area contributed by atoms with Gasteiger partial charge in [-0.2, -0.15) is 0 Å². The summed E-state index contributed by atoms with van der Waals surface area (Å²) in [5, 5.41) is 10.7. The Bertz CT molecular complexity index is 696. The Morgan fingerprint density at radius 2 is 1.77 bits per heavy atom. The van der Waals surface area contributed by atoms with E-state index in [0.29, 0.717) is 6.42 Å². The summed E-state index contributed by atoms with van der Waals surface area (Å²) in [6, 6.07) is 0. The van der Waals surface area contributed by atoms with E-state index < -0.39 is 6.10 Å². The van der Waals surface area contributed by atoms with Gasteiger partial charge < -0.3 is 19.3 Å². The molecule has 0 fully saturated rings. The number of hydrogen-bond donors (Lipinski definition) is 1. The smallest absolute Gasteiger partial charge is 0.204 e. The molecule has 0 amide bonds. The predicted octanol–water partition coefficient (Wildman–Crippen LogP) is 5.12. The maximum Gasteiger partial charge on any atom is 0.204 e.